The van der Waals surface area contributed by atoms with Crippen LogP contribution in [0.15, 0.2) is 6.33 Å². The van der Waals surface area contributed by atoms with E-state index in [0.717, 1.165) is 0 Å². The van der Waals surface area contributed by atoms with E-state index >= 15 is 0 Å². The molecular formula is C15H26N6O4. The van der Waals surface area contributed by atoms with E-state index < -0.39 is 12.0 Å². The largest absolute Gasteiger partial charge is 0.481 e. The lowest BCUT2D eigenvalue weighted by Crippen LogP contribution is -2.30. The minimum Gasteiger partial charge on any atom is -0.481 e. The summed E-state index contributed by atoms with van der Waals surface area (Å²) in [6.45, 7) is 4.39. The molecule has 5 N–H and O–H groups in total. The molecule has 0 radical (unpaired) electrons. The second-order valence-corrected chi connectivity index (χ2v) is 5.40. The third-order valence-corrected chi connectivity index (χ3v) is 3.43. The van der Waals surface area contributed by atoms with Crippen LogP contribution in [-0.2, 0) is 9.53 Å². The number of rotatable bonds is 10. The fraction of sp³-hybridized carbons (Fsp3) is 0.600. The molecule has 1 rings (SSSR count). The minimum absolute atomic E-state index is 0.0540. The Morgan fingerprint density at radius 1 is 1.40 bits per heavy atom. The average molecular weight is 354 g/mol. The van der Waals surface area contributed by atoms with E-state index in [1.165, 1.54) is 6.33 Å². The summed E-state index contributed by atoms with van der Waals surface area (Å²) in [6, 6.07) is -0.405. The van der Waals surface area contributed by atoms with Crippen molar-refractivity contribution in [2.24, 2.45) is 0 Å². The smallest absolute Gasteiger partial charge is 0.320 e. The van der Waals surface area contributed by atoms with Crippen molar-refractivity contribution in [3.63, 3.8) is 0 Å². The van der Waals surface area contributed by atoms with Crippen LogP contribution in [0.25, 0.3) is 0 Å². The first-order chi connectivity index (χ1) is 11.9. The van der Waals surface area contributed by atoms with Crippen molar-refractivity contribution in [3.05, 3.63) is 6.33 Å². The second kappa shape index (κ2) is 10.3. The Kier molecular flexibility index (Phi) is 8.40. The summed E-state index contributed by atoms with van der Waals surface area (Å²) in [7, 11) is 1.73. The summed E-state index contributed by atoms with van der Waals surface area (Å²) < 4.78 is 5.72. The minimum atomic E-state index is -0.850. The number of amides is 2. The topological polar surface area (TPSA) is 143 Å². The Hall–Kier alpha value is -2.62. The number of nitrogen functional groups attached to an aromatic ring is 1. The number of nitrogens with one attached hydrogen (secondary N) is 2. The highest BCUT2D eigenvalue weighted by Crippen LogP contribution is 2.25. The van der Waals surface area contributed by atoms with E-state index in [2.05, 4.69) is 20.6 Å². The molecule has 0 fully saturated rings. The van der Waals surface area contributed by atoms with E-state index in [4.69, 9.17) is 15.6 Å². The van der Waals surface area contributed by atoms with Gasteiger partial charge in [-0.15, -0.1) is 0 Å². The van der Waals surface area contributed by atoms with Crippen LogP contribution in [0.3, 0.4) is 0 Å². The molecule has 0 bridgehead atoms. The molecule has 0 aliphatic carbocycles. The Morgan fingerprint density at radius 3 is 2.72 bits per heavy atom. The van der Waals surface area contributed by atoms with Gasteiger partial charge in [0.1, 0.15) is 18.7 Å². The number of carboxylic acids is 1. The standard InChI is InChI=1S/C15H26N6O4/c1-4-10(6-7-11(22)23)25-9-21(3)14-12(16)13(18-8-19-14)20-15(24)17-5-2/h8,10H,4-7,9,16H2,1-3H3,(H,22,23)(H2,17,18,19,20,24). The van der Waals surface area contributed by atoms with E-state index in [9.17, 15) is 9.59 Å². The molecule has 25 heavy (non-hydrogen) atoms. The number of urea groups is 1. The number of nitrogens with zero attached hydrogens (tertiary/aromatic N) is 3. The second-order valence-electron chi connectivity index (χ2n) is 5.40. The molecule has 140 valence electrons. The van der Waals surface area contributed by atoms with E-state index in [1.54, 1.807) is 18.9 Å². The third-order valence-electron chi connectivity index (χ3n) is 3.43. The van der Waals surface area contributed by atoms with Gasteiger partial charge in [0.05, 0.1) is 6.10 Å². The number of nitrogens with two attached hydrogens (primary N) is 1. The number of hydrogen-bond donors (Lipinski definition) is 4. The van der Waals surface area contributed by atoms with Crippen molar-refractivity contribution in [3.8, 4) is 0 Å². The van der Waals surface area contributed by atoms with Crippen molar-refractivity contribution in [2.75, 3.05) is 36.3 Å². The third kappa shape index (κ3) is 6.79. The average Bonchev–Trinajstić information content (AvgIpc) is 2.56. The van der Waals surface area contributed by atoms with Gasteiger partial charge in [-0.05, 0) is 19.8 Å². The molecule has 10 nitrogen and oxygen atoms in total. The van der Waals surface area contributed by atoms with Crippen LogP contribution in [0.1, 0.15) is 33.1 Å². The van der Waals surface area contributed by atoms with Crippen molar-refractivity contribution in [1.29, 1.82) is 0 Å². The summed E-state index contributed by atoms with van der Waals surface area (Å²) in [5, 5.41) is 13.9. The van der Waals surface area contributed by atoms with Crippen LogP contribution in [0.5, 0.6) is 0 Å². The maximum atomic E-state index is 11.6. The van der Waals surface area contributed by atoms with E-state index in [1.807, 2.05) is 6.92 Å². The predicted octanol–water partition coefficient (Wildman–Crippen LogP) is 1.25. The van der Waals surface area contributed by atoms with Gasteiger partial charge in [0.15, 0.2) is 11.6 Å². The van der Waals surface area contributed by atoms with Crippen molar-refractivity contribution in [2.45, 2.75) is 39.2 Å². The van der Waals surface area contributed by atoms with Gasteiger partial charge in [0.2, 0.25) is 0 Å². The van der Waals surface area contributed by atoms with Crippen LogP contribution >= 0.6 is 0 Å². The van der Waals surface area contributed by atoms with Crippen molar-refractivity contribution >= 4 is 29.3 Å². The number of hydrogen-bond acceptors (Lipinski definition) is 7. The van der Waals surface area contributed by atoms with Crippen LogP contribution < -0.4 is 21.3 Å². The number of aromatic nitrogens is 2. The summed E-state index contributed by atoms with van der Waals surface area (Å²) >= 11 is 0. The van der Waals surface area contributed by atoms with Gasteiger partial charge >= 0.3 is 12.0 Å². The first-order valence-electron chi connectivity index (χ1n) is 8.08. The summed E-state index contributed by atoms with van der Waals surface area (Å²) in [6.07, 6.45) is 2.31. The number of carbonyl (C=O) groups excluding carboxylic acids is 1. The van der Waals surface area contributed by atoms with Crippen molar-refractivity contribution < 1.29 is 19.4 Å². The SMILES string of the molecule is CCNC(=O)Nc1ncnc(N(C)COC(CC)CCC(=O)O)c1N. The normalized spacial score (nSPS) is 11.6. The molecule has 1 atom stereocenters. The maximum absolute atomic E-state index is 11.6. The zero-order chi connectivity index (χ0) is 18.8. The molecule has 1 unspecified atom stereocenters. The predicted molar refractivity (Wildman–Crippen MR) is 94.4 cm³/mol. The fourth-order valence-corrected chi connectivity index (χ4v) is 2.07. The summed E-state index contributed by atoms with van der Waals surface area (Å²) in [5.41, 5.74) is 6.24. The maximum Gasteiger partial charge on any atom is 0.320 e. The Labute approximate surface area is 146 Å². The monoisotopic (exact) mass is 354 g/mol. The molecule has 0 aliphatic rings. The highest BCUT2D eigenvalue weighted by molar-refractivity contribution is 5.93. The van der Waals surface area contributed by atoms with Crippen molar-refractivity contribution in [1.82, 2.24) is 15.3 Å². The molecule has 0 saturated carbocycles. The molecule has 0 aromatic carbocycles. The van der Waals surface area contributed by atoms with E-state index in [0.29, 0.717) is 25.2 Å². The number of carbonyl (C=O) groups is 2. The van der Waals surface area contributed by atoms with Crippen LogP contribution in [0.4, 0.5) is 22.1 Å². The molecule has 10 heteroatoms. The molecule has 0 aliphatic heterocycles. The Bertz CT molecular complexity index is 583. The molecule has 1 heterocycles. The van der Waals surface area contributed by atoms with Gasteiger partial charge in [-0.3, -0.25) is 10.1 Å². The molecule has 1 aromatic rings. The lowest BCUT2D eigenvalue weighted by Gasteiger charge is -2.23. The lowest BCUT2D eigenvalue weighted by molar-refractivity contribution is -0.137. The Morgan fingerprint density at radius 2 is 2.12 bits per heavy atom. The van der Waals surface area contributed by atoms with Gasteiger partial charge in [0, 0.05) is 20.0 Å². The lowest BCUT2D eigenvalue weighted by atomic mass is 10.1. The van der Waals surface area contributed by atoms with E-state index in [-0.39, 0.29) is 30.8 Å². The number of aliphatic carboxylic acids is 1. The molecule has 0 spiro atoms. The quantitative estimate of drug-likeness (QED) is 0.460. The number of ether oxygens (including phenoxy) is 1. The molecule has 1 aromatic heterocycles. The first-order valence-corrected chi connectivity index (χ1v) is 8.08. The highest BCUT2D eigenvalue weighted by Gasteiger charge is 2.16. The van der Waals surface area contributed by atoms with Crippen LogP contribution in [0.2, 0.25) is 0 Å². The van der Waals surface area contributed by atoms with Gasteiger partial charge < -0.3 is 25.8 Å². The zero-order valence-corrected chi connectivity index (χ0v) is 14.8. The van der Waals surface area contributed by atoms with Gasteiger partial charge in [-0.25, -0.2) is 14.8 Å². The van der Waals surface area contributed by atoms with Gasteiger partial charge in [0.25, 0.3) is 0 Å². The summed E-state index contributed by atoms with van der Waals surface area (Å²) in [4.78, 5) is 32.0. The number of anilines is 3. The molecule has 0 saturated heterocycles. The highest BCUT2D eigenvalue weighted by atomic mass is 16.5. The first kappa shape index (κ1) is 20.4. The van der Waals surface area contributed by atoms with Gasteiger partial charge in [-0.1, -0.05) is 6.92 Å². The van der Waals surface area contributed by atoms with Gasteiger partial charge in [-0.2, -0.15) is 0 Å². The molecular weight excluding hydrogens is 328 g/mol. The Balaban J connectivity index is 2.69. The van der Waals surface area contributed by atoms with Crippen LogP contribution in [-0.4, -0.2) is 53.5 Å². The summed E-state index contributed by atoms with van der Waals surface area (Å²) in [5.74, 6) is -0.230. The number of carboxylic acid groups (broad SMARTS) is 1. The zero-order valence-electron chi connectivity index (χ0n) is 14.8. The van der Waals surface area contributed by atoms with Crippen LogP contribution in [0, 0.1) is 0 Å². The fourth-order valence-electron chi connectivity index (χ4n) is 2.07. The molecule has 2 amide bonds.